The van der Waals surface area contributed by atoms with E-state index >= 15 is 0 Å². The first-order valence-electron chi connectivity index (χ1n) is 7.27. The Morgan fingerprint density at radius 1 is 1.13 bits per heavy atom. The molecule has 2 aromatic rings. The first kappa shape index (κ1) is 17.0. The molecule has 0 aliphatic rings. The van der Waals surface area contributed by atoms with Crippen LogP contribution in [0.4, 0.5) is 0 Å². The van der Waals surface area contributed by atoms with E-state index in [1.807, 2.05) is 32.0 Å². The molecule has 0 saturated heterocycles. The lowest BCUT2D eigenvalue weighted by molar-refractivity contribution is -0.129. The fraction of sp³-hybridized carbons (Fsp3) is 0.312. The molecule has 1 heterocycles. The van der Waals surface area contributed by atoms with Gasteiger partial charge in [-0.25, -0.2) is 0 Å². The van der Waals surface area contributed by atoms with Crippen molar-refractivity contribution >= 4 is 23.4 Å². The van der Waals surface area contributed by atoms with Gasteiger partial charge in [0.15, 0.2) is 0 Å². The molecule has 0 spiro atoms. The Balaban J connectivity index is 1.72. The molecule has 0 aliphatic carbocycles. The average Bonchev–Trinajstić information content (AvgIpc) is 2.82. The molecule has 0 aliphatic heterocycles. The zero-order chi connectivity index (χ0) is 16.8. The number of rotatable bonds is 5. The molecule has 0 radical (unpaired) electrons. The van der Waals surface area contributed by atoms with Gasteiger partial charge < -0.3 is 0 Å². The van der Waals surface area contributed by atoms with Crippen LogP contribution in [0.1, 0.15) is 23.4 Å². The lowest BCUT2D eigenvalue weighted by Crippen LogP contribution is -2.43. The number of hydrogen-bond donors (Lipinski definition) is 2. The van der Waals surface area contributed by atoms with Gasteiger partial charge in [-0.1, -0.05) is 23.7 Å². The number of nitrogens with one attached hydrogen (secondary N) is 2. The lowest BCUT2D eigenvalue weighted by Gasteiger charge is -2.08. The van der Waals surface area contributed by atoms with E-state index in [0.717, 1.165) is 17.0 Å². The van der Waals surface area contributed by atoms with Gasteiger partial charge in [0.25, 0.3) is 5.91 Å². The Labute approximate surface area is 139 Å². The standard InChI is InChI=1S/C16H19ClN4O2/c1-11-9-12(2)21(20-11)10-16(23)19-18-15(22)8-5-13-3-6-14(17)7-4-13/h3-4,6-7,9H,5,8,10H2,1-2H3,(H,18,22)(H,19,23). The zero-order valence-electron chi connectivity index (χ0n) is 13.1. The number of hydrogen-bond acceptors (Lipinski definition) is 3. The largest absolute Gasteiger partial charge is 0.273 e. The number of halogens is 1. The highest BCUT2D eigenvalue weighted by Gasteiger charge is 2.08. The maximum absolute atomic E-state index is 11.8. The monoisotopic (exact) mass is 334 g/mol. The van der Waals surface area contributed by atoms with Crippen LogP contribution in [0.15, 0.2) is 30.3 Å². The summed E-state index contributed by atoms with van der Waals surface area (Å²) in [5.41, 5.74) is 7.55. The molecule has 0 atom stereocenters. The van der Waals surface area contributed by atoms with E-state index in [1.165, 1.54) is 0 Å². The molecule has 23 heavy (non-hydrogen) atoms. The Kier molecular flexibility index (Phi) is 5.76. The number of amides is 2. The summed E-state index contributed by atoms with van der Waals surface area (Å²) in [7, 11) is 0. The third-order valence-corrected chi connectivity index (χ3v) is 3.54. The normalized spacial score (nSPS) is 10.4. The third kappa shape index (κ3) is 5.41. The molecular formula is C16H19ClN4O2. The first-order chi connectivity index (χ1) is 10.9. The second-order valence-corrected chi connectivity index (χ2v) is 5.74. The summed E-state index contributed by atoms with van der Waals surface area (Å²) in [6.45, 7) is 3.80. The van der Waals surface area contributed by atoms with Crippen LogP contribution >= 0.6 is 11.6 Å². The molecule has 122 valence electrons. The average molecular weight is 335 g/mol. The molecule has 0 unspecified atom stereocenters. The van der Waals surface area contributed by atoms with Gasteiger partial charge in [0.05, 0.1) is 5.69 Å². The predicted molar refractivity (Wildman–Crippen MR) is 87.8 cm³/mol. The molecule has 2 amide bonds. The number of nitrogens with zero attached hydrogens (tertiary/aromatic N) is 2. The first-order valence-corrected chi connectivity index (χ1v) is 7.65. The van der Waals surface area contributed by atoms with E-state index in [0.29, 0.717) is 11.4 Å². The van der Waals surface area contributed by atoms with Gasteiger partial charge in [-0.05, 0) is 44.0 Å². The van der Waals surface area contributed by atoms with Crippen LogP contribution in [-0.4, -0.2) is 21.6 Å². The van der Waals surface area contributed by atoms with E-state index in [-0.39, 0.29) is 24.8 Å². The molecule has 2 rings (SSSR count). The maximum Gasteiger partial charge on any atom is 0.260 e. The Morgan fingerprint density at radius 2 is 1.78 bits per heavy atom. The number of aryl methyl sites for hydroxylation is 3. The number of benzene rings is 1. The Hall–Kier alpha value is -2.34. The van der Waals surface area contributed by atoms with Gasteiger partial charge in [0.1, 0.15) is 6.54 Å². The summed E-state index contributed by atoms with van der Waals surface area (Å²) in [6, 6.07) is 9.20. The van der Waals surface area contributed by atoms with Crippen LogP contribution in [0.2, 0.25) is 5.02 Å². The van der Waals surface area contributed by atoms with E-state index in [4.69, 9.17) is 11.6 Å². The lowest BCUT2D eigenvalue weighted by atomic mass is 10.1. The summed E-state index contributed by atoms with van der Waals surface area (Å²) >= 11 is 5.80. The molecule has 1 aromatic carbocycles. The van der Waals surface area contributed by atoms with Crippen molar-refractivity contribution in [1.29, 1.82) is 0 Å². The highest BCUT2D eigenvalue weighted by molar-refractivity contribution is 6.30. The Morgan fingerprint density at radius 3 is 2.39 bits per heavy atom. The molecule has 6 nitrogen and oxygen atoms in total. The smallest absolute Gasteiger partial charge is 0.260 e. The molecule has 7 heteroatoms. The van der Waals surface area contributed by atoms with Gasteiger partial charge in [0.2, 0.25) is 5.91 Å². The van der Waals surface area contributed by atoms with Crippen molar-refractivity contribution in [3.63, 3.8) is 0 Å². The van der Waals surface area contributed by atoms with E-state index in [2.05, 4.69) is 16.0 Å². The van der Waals surface area contributed by atoms with E-state index < -0.39 is 0 Å². The predicted octanol–water partition coefficient (Wildman–Crippen LogP) is 1.93. The van der Waals surface area contributed by atoms with Crippen molar-refractivity contribution in [2.75, 3.05) is 0 Å². The van der Waals surface area contributed by atoms with E-state index in [1.54, 1.807) is 16.8 Å². The van der Waals surface area contributed by atoms with Crippen molar-refractivity contribution in [3.05, 3.63) is 52.3 Å². The van der Waals surface area contributed by atoms with Crippen LogP contribution in [0, 0.1) is 13.8 Å². The minimum atomic E-state index is -0.323. The molecule has 0 saturated carbocycles. The van der Waals surface area contributed by atoms with Crippen LogP contribution in [-0.2, 0) is 22.6 Å². The van der Waals surface area contributed by atoms with Crippen molar-refractivity contribution in [3.8, 4) is 0 Å². The summed E-state index contributed by atoms with van der Waals surface area (Å²) in [6.07, 6.45) is 0.859. The summed E-state index contributed by atoms with van der Waals surface area (Å²) in [5, 5.41) is 4.85. The molecule has 2 N–H and O–H groups in total. The fourth-order valence-corrected chi connectivity index (χ4v) is 2.25. The fourth-order valence-electron chi connectivity index (χ4n) is 2.12. The SMILES string of the molecule is Cc1cc(C)n(CC(=O)NNC(=O)CCc2ccc(Cl)cc2)n1. The number of carbonyl (C=O) groups is 2. The van der Waals surface area contributed by atoms with Gasteiger partial charge in [-0.3, -0.25) is 25.1 Å². The summed E-state index contributed by atoms with van der Waals surface area (Å²) in [4.78, 5) is 23.5. The highest BCUT2D eigenvalue weighted by atomic mass is 35.5. The number of aromatic nitrogens is 2. The van der Waals surface area contributed by atoms with Gasteiger partial charge in [0, 0.05) is 17.1 Å². The topological polar surface area (TPSA) is 76.0 Å². The molecule has 0 fully saturated rings. The van der Waals surface area contributed by atoms with Crippen LogP contribution in [0.25, 0.3) is 0 Å². The van der Waals surface area contributed by atoms with Crippen LogP contribution < -0.4 is 10.9 Å². The van der Waals surface area contributed by atoms with Crippen molar-refractivity contribution in [1.82, 2.24) is 20.6 Å². The minimum absolute atomic E-state index is 0.0666. The zero-order valence-corrected chi connectivity index (χ0v) is 13.9. The van der Waals surface area contributed by atoms with Crippen molar-refractivity contribution in [2.24, 2.45) is 0 Å². The number of hydrazine groups is 1. The van der Waals surface area contributed by atoms with Crippen LogP contribution in [0.3, 0.4) is 0 Å². The number of carbonyl (C=O) groups excluding carboxylic acids is 2. The van der Waals surface area contributed by atoms with Crippen molar-refractivity contribution in [2.45, 2.75) is 33.2 Å². The summed E-state index contributed by atoms with van der Waals surface area (Å²) < 4.78 is 1.59. The highest BCUT2D eigenvalue weighted by Crippen LogP contribution is 2.10. The third-order valence-electron chi connectivity index (χ3n) is 3.29. The van der Waals surface area contributed by atoms with E-state index in [9.17, 15) is 9.59 Å². The molecule has 1 aromatic heterocycles. The Bertz CT molecular complexity index is 695. The molecular weight excluding hydrogens is 316 g/mol. The second-order valence-electron chi connectivity index (χ2n) is 5.31. The second kappa shape index (κ2) is 7.78. The van der Waals surface area contributed by atoms with Gasteiger partial charge >= 0.3 is 0 Å². The molecule has 0 bridgehead atoms. The minimum Gasteiger partial charge on any atom is -0.273 e. The van der Waals surface area contributed by atoms with Crippen LogP contribution in [0.5, 0.6) is 0 Å². The maximum atomic E-state index is 11.8. The van der Waals surface area contributed by atoms with Crippen molar-refractivity contribution < 1.29 is 9.59 Å². The van der Waals surface area contributed by atoms with Gasteiger partial charge in [-0.2, -0.15) is 5.10 Å². The quantitative estimate of drug-likeness (QED) is 0.820. The van der Waals surface area contributed by atoms with Gasteiger partial charge in [-0.15, -0.1) is 0 Å². The summed E-state index contributed by atoms with van der Waals surface area (Å²) in [5.74, 6) is -0.572.